The zero-order chi connectivity index (χ0) is 12.2. The van der Waals surface area contributed by atoms with Gasteiger partial charge in [0.05, 0.1) is 11.9 Å². The summed E-state index contributed by atoms with van der Waals surface area (Å²) in [5.74, 6) is 0.840. The van der Waals surface area contributed by atoms with Crippen molar-refractivity contribution in [3.05, 3.63) is 66.9 Å². The molecule has 1 aromatic heterocycles. The largest absolute Gasteiger partial charge is 0.339 e. The van der Waals surface area contributed by atoms with E-state index in [4.69, 9.17) is 0 Å². The average Bonchev–Trinajstić information content (AvgIpc) is 2.89. The number of rotatable bonds is 3. The van der Waals surface area contributed by atoms with Crippen LogP contribution < -0.4 is 5.32 Å². The van der Waals surface area contributed by atoms with Crippen LogP contribution in [0.2, 0.25) is 0 Å². The van der Waals surface area contributed by atoms with Gasteiger partial charge in [-0.25, -0.2) is 0 Å². The number of benzene rings is 2. The van der Waals surface area contributed by atoms with Crippen LogP contribution in [0.25, 0.3) is 5.69 Å². The van der Waals surface area contributed by atoms with E-state index in [2.05, 4.69) is 15.6 Å². The van der Waals surface area contributed by atoms with Crippen molar-refractivity contribution in [3.8, 4) is 5.69 Å². The predicted molar refractivity (Wildman–Crippen MR) is 71.1 cm³/mol. The molecule has 88 valence electrons. The maximum Gasteiger partial charge on any atom is 0.154 e. The molecule has 1 heterocycles. The van der Waals surface area contributed by atoms with Gasteiger partial charge >= 0.3 is 0 Å². The second-order valence-corrected chi connectivity index (χ2v) is 3.86. The molecule has 3 aromatic rings. The maximum atomic E-state index is 4.09. The number of hydrogen-bond acceptors (Lipinski definition) is 3. The van der Waals surface area contributed by atoms with E-state index in [0.717, 1.165) is 17.2 Å². The van der Waals surface area contributed by atoms with Gasteiger partial charge in [-0.2, -0.15) is 4.68 Å². The molecule has 0 amide bonds. The van der Waals surface area contributed by atoms with Crippen LogP contribution in [-0.4, -0.2) is 15.0 Å². The standard InChI is InChI=1S/C14H12N4/c1-3-7-12(8-4-1)16-14-11-15-17-18(14)13-9-5-2-6-10-13/h1-11,16H. The van der Waals surface area contributed by atoms with E-state index < -0.39 is 0 Å². The molecular weight excluding hydrogens is 224 g/mol. The van der Waals surface area contributed by atoms with Crippen LogP contribution in [0, 0.1) is 0 Å². The molecule has 0 aliphatic carbocycles. The fraction of sp³-hybridized carbons (Fsp3) is 0. The normalized spacial score (nSPS) is 10.2. The summed E-state index contributed by atoms with van der Waals surface area (Å²) in [5, 5.41) is 11.3. The van der Waals surface area contributed by atoms with Gasteiger partial charge < -0.3 is 5.32 Å². The highest BCUT2D eigenvalue weighted by atomic mass is 15.5. The third-order valence-corrected chi connectivity index (χ3v) is 2.60. The van der Waals surface area contributed by atoms with Crippen molar-refractivity contribution < 1.29 is 0 Å². The fourth-order valence-corrected chi connectivity index (χ4v) is 1.75. The summed E-state index contributed by atoms with van der Waals surface area (Å²) in [7, 11) is 0. The predicted octanol–water partition coefficient (Wildman–Crippen LogP) is 3.01. The Hall–Kier alpha value is -2.62. The molecule has 2 aromatic carbocycles. The molecule has 0 aliphatic heterocycles. The van der Waals surface area contributed by atoms with Gasteiger partial charge in [-0.05, 0) is 24.3 Å². The molecule has 0 bridgehead atoms. The number of nitrogens with zero attached hydrogens (tertiary/aromatic N) is 3. The summed E-state index contributed by atoms with van der Waals surface area (Å²) >= 11 is 0. The van der Waals surface area contributed by atoms with Gasteiger partial charge in [0.25, 0.3) is 0 Å². The van der Waals surface area contributed by atoms with Gasteiger partial charge in [-0.3, -0.25) is 0 Å². The van der Waals surface area contributed by atoms with Gasteiger partial charge in [-0.1, -0.05) is 41.6 Å². The molecule has 3 rings (SSSR count). The lowest BCUT2D eigenvalue weighted by Gasteiger charge is -2.08. The van der Waals surface area contributed by atoms with E-state index in [9.17, 15) is 0 Å². The molecule has 0 saturated heterocycles. The molecule has 4 heteroatoms. The number of nitrogens with one attached hydrogen (secondary N) is 1. The topological polar surface area (TPSA) is 42.7 Å². The molecule has 0 fully saturated rings. The number of anilines is 2. The second kappa shape index (κ2) is 4.71. The number of aromatic nitrogens is 3. The van der Waals surface area contributed by atoms with Crippen molar-refractivity contribution in [2.75, 3.05) is 5.32 Å². The van der Waals surface area contributed by atoms with Crippen LogP contribution in [-0.2, 0) is 0 Å². The monoisotopic (exact) mass is 236 g/mol. The van der Waals surface area contributed by atoms with Gasteiger partial charge in [0.2, 0.25) is 0 Å². The van der Waals surface area contributed by atoms with Crippen molar-refractivity contribution in [2.24, 2.45) is 0 Å². The van der Waals surface area contributed by atoms with Crippen LogP contribution in [0.4, 0.5) is 11.5 Å². The first kappa shape index (κ1) is 10.5. The molecule has 1 N–H and O–H groups in total. The van der Waals surface area contributed by atoms with Crippen LogP contribution in [0.1, 0.15) is 0 Å². The lowest BCUT2D eigenvalue weighted by atomic mass is 10.3. The summed E-state index contributed by atoms with van der Waals surface area (Å²) in [4.78, 5) is 0. The molecule has 0 aliphatic rings. The van der Waals surface area contributed by atoms with Gasteiger partial charge in [0.1, 0.15) is 0 Å². The van der Waals surface area contributed by atoms with E-state index in [1.54, 1.807) is 10.9 Å². The number of hydrogen-bond donors (Lipinski definition) is 1. The van der Waals surface area contributed by atoms with Gasteiger partial charge in [-0.15, -0.1) is 5.10 Å². The second-order valence-electron chi connectivity index (χ2n) is 3.86. The van der Waals surface area contributed by atoms with Crippen LogP contribution in [0.5, 0.6) is 0 Å². The Morgan fingerprint density at radius 2 is 1.50 bits per heavy atom. The zero-order valence-electron chi connectivity index (χ0n) is 9.69. The smallest absolute Gasteiger partial charge is 0.154 e. The maximum absolute atomic E-state index is 4.09. The Balaban J connectivity index is 1.93. The van der Waals surface area contributed by atoms with Crippen molar-refractivity contribution in [1.82, 2.24) is 15.0 Å². The summed E-state index contributed by atoms with van der Waals surface area (Å²) in [6, 6.07) is 19.9. The minimum Gasteiger partial charge on any atom is -0.339 e. The molecule has 4 nitrogen and oxygen atoms in total. The van der Waals surface area contributed by atoms with Gasteiger partial charge in [0, 0.05) is 5.69 Å². The molecule has 0 saturated carbocycles. The third-order valence-electron chi connectivity index (χ3n) is 2.60. The van der Waals surface area contributed by atoms with E-state index in [-0.39, 0.29) is 0 Å². The summed E-state index contributed by atoms with van der Waals surface area (Å²) < 4.78 is 1.77. The highest BCUT2D eigenvalue weighted by molar-refractivity contribution is 5.57. The van der Waals surface area contributed by atoms with Crippen LogP contribution >= 0.6 is 0 Å². The fourth-order valence-electron chi connectivity index (χ4n) is 1.75. The Morgan fingerprint density at radius 1 is 0.833 bits per heavy atom. The van der Waals surface area contributed by atoms with Crippen LogP contribution in [0.3, 0.4) is 0 Å². The minimum atomic E-state index is 0.840. The van der Waals surface area contributed by atoms with E-state index in [1.165, 1.54) is 0 Å². The van der Waals surface area contributed by atoms with Crippen molar-refractivity contribution >= 4 is 11.5 Å². The molecule has 18 heavy (non-hydrogen) atoms. The molecule has 0 unspecified atom stereocenters. The quantitative estimate of drug-likeness (QED) is 0.760. The van der Waals surface area contributed by atoms with Crippen molar-refractivity contribution in [2.45, 2.75) is 0 Å². The third kappa shape index (κ3) is 2.08. The van der Waals surface area contributed by atoms with E-state index in [1.807, 2.05) is 60.7 Å². The van der Waals surface area contributed by atoms with Crippen molar-refractivity contribution in [3.63, 3.8) is 0 Å². The van der Waals surface area contributed by atoms with E-state index in [0.29, 0.717) is 0 Å². The first-order valence-corrected chi connectivity index (χ1v) is 5.72. The summed E-state index contributed by atoms with van der Waals surface area (Å²) in [6.07, 6.45) is 1.71. The Kier molecular flexibility index (Phi) is 2.75. The Bertz CT molecular complexity index is 617. The summed E-state index contributed by atoms with van der Waals surface area (Å²) in [6.45, 7) is 0. The lowest BCUT2D eigenvalue weighted by molar-refractivity contribution is 0.808. The SMILES string of the molecule is c1ccc(Nc2cnnn2-c2ccccc2)cc1. The van der Waals surface area contributed by atoms with Gasteiger partial charge in [0.15, 0.2) is 5.82 Å². The first-order chi connectivity index (χ1) is 8.93. The molecule has 0 atom stereocenters. The highest BCUT2D eigenvalue weighted by Crippen LogP contribution is 2.17. The summed E-state index contributed by atoms with van der Waals surface area (Å²) in [5.41, 5.74) is 1.99. The Labute approximate surface area is 105 Å². The average molecular weight is 236 g/mol. The zero-order valence-corrected chi connectivity index (χ0v) is 9.69. The molecule has 0 radical (unpaired) electrons. The molecular formula is C14H12N4. The minimum absolute atomic E-state index is 0.840. The van der Waals surface area contributed by atoms with Crippen LogP contribution in [0.15, 0.2) is 66.9 Å². The number of para-hydroxylation sites is 2. The Morgan fingerprint density at radius 3 is 2.22 bits per heavy atom. The lowest BCUT2D eigenvalue weighted by Crippen LogP contribution is -2.02. The van der Waals surface area contributed by atoms with E-state index >= 15 is 0 Å². The van der Waals surface area contributed by atoms with Crippen molar-refractivity contribution in [1.29, 1.82) is 0 Å². The first-order valence-electron chi connectivity index (χ1n) is 5.72. The highest BCUT2D eigenvalue weighted by Gasteiger charge is 2.05. The molecule has 0 spiro atoms.